The van der Waals surface area contributed by atoms with Gasteiger partial charge in [-0.15, -0.1) is 0 Å². The van der Waals surface area contributed by atoms with Crippen LogP contribution in [0.1, 0.15) is 31.8 Å². The number of aliphatic hydroxyl groups is 1. The first-order valence-electron chi connectivity index (χ1n) is 6.30. The zero-order chi connectivity index (χ0) is 13.9. The van der Waals surface area contributed by atoms with E-state index < -0.39 is 11.4 Å². The Hall–Kier alpha value is -1.82. The minimum absolute atomic E-state index is 0.302. The highest BCUT2D eigenvalue weighted by Crippen LogP contribution is 2.27. The van der Waals surface area contributed by atoms with E-state index in [9.17, 15) is 9.50 Å². The van der Waals surface area contributed by atoms with Crippen LogP contribution in [-0.4, -0.2) is 24.9 Å². The number of pyridine rings is 1. The molecule has 19 heavy (non-hydrogen) atoms. The van der Waals surface area contributed by atoms with Gasteiger partial charge in [0.2, 0.25) is 0 Å². The van der Waals surface area contributed by atoms with Crippen molar-refractivity contribution in [3.63, 3.8) is 0 Å². The molecular weight excluding hydrogens is 247 g/mol. The Bertz CT molecular complexity index is 540. The van der Waals surface area contributed by atoms with E-state index in [1.807, 2.05) is 13.8 Å². The second-order valence-electron chi connectivity index (χ2n) is 4.42. The van der Waals surface area contributed by atoms with Crippen molar-refractivity contribution in [1.29, 1.82) is 0 Å². The number of aromatic nitrogens is 4. The lowest BCUT2D eigenvalue weighted by Crippen LogP contribution is -2.30. The van der Waals surface area contributed by atoms with Crippen LogP contribution < -0.4 is 0 Å². The second-order valence-corrected chi connectivity index (χ2v) is 4.42. The van der Waals surface area contributed by atoms with Gasteiger partial charge in [0, 0.05) is 13.0 Å². The van der Waals surface area contributed by atoms with Crippen LogP contribution in [0.25, 0.3) is 0 Å². The van der Waals surface area contributed by atoms with Crippen LogP contribution >= 0.6 is 0 Å². The van der Waals surface area contributed by atoms with E-state index in [0.29, 0.717) is 30.9 Å². The van der Waals surface area contributed by atoms with Gasteiger partial charge in [-0.2, -0.15) is 5.10 Å². The summed E-state index contributed by atoms with van der Waals surface area (Å²) in [6.45, 7) is 4.50. The van der Waals surface area contributed by atoms with Crippen molar-refractivity contribution < 1.29 is 9.50 Å². The predicted molar refractivity (Wildman–Crippen MR) is 67.8 cm³/mol. The maximum atomic E-state index is 12.9. The molecule has 0 aliphatic heterocycles. The monoisotopic (exact) mass is 264 g/mol. The van der Waals surface area contributed by atoms with E-state index >= 15 is 0 Å². The van der Waals surface area contributed by atoms with Crippen LogP contribution in [0, 0.1) is 5.82 Å². The molecule has 6 heteroatoms. The summed E-state index contributed by atoms with van der Waals surface area (Å²) < 4.78 is 14.6. The Morgan fingerprint density at radius 3 is 2.68 bits per heavy atom. The van der Waals surface area contributed by atoms with Crippen LogP contribution in [0.4, 0.5) is 4.39 Å². The first-order valence-corrected chi connectivity index (χ1v) is 6.30. The molecule has 2 aromatic rings. The molecule has 0 saturated carbocycles. The van der Waals surface area contributed by atoms with Gasteiger partial charge in [-0.1, -0.05) is 6.92 Å². The van der Waals surface area contributed by atoms with E-state index in [1.54, 1.807) is 4.68 Å². The minimum atomic E-state index is -1.16. The van der Waals surface area contributed by atoms with Crippen LogP contribution in [0.5, 0.6) is 0 Å². The number of hydrogen-bond acceptors (Lipinski definition) is 4. The fraction of sp³-hybridized carbons (Fsp3) is 0.462. The molecule has 5 nitrogen and oxygen atoms in total. The summed E-state index contributed by atoms with van der Waals surface area (Å²) in [6, 6.07) is 2.80. The number of nitrogens with zero attached hydrogens (tertiary/aromatic N) is 4. The summed E-state index contributed by atoms with van der Waals surface area (Å²) >= 11 is 0. The lowest BCUT2D eigenvalue weighted by molar-refractivity contribution is 0.0252. The normalized spacial score (nSPS) is 14.3. The third-order valence-corrected chi connectivity index (χ3v) is 3.23. The van der Waals surface area contributed by atoms with E-state index in [0.717, 1.165) is 6.20 Å². The van der Waals surface area contributed by atoms with Gasteiger partial charge in [0.05, 0.1) is 11.9 Å². The third-order valence-electron chi connectivity index (χ3n) is 3.23. The summed E-state index contributed by atoms with van der Waals surface area (Å²) in [6.07, 6.45) is 3.34. The standard InChI is InChI=1S/C13H17FN4O/c1-3-13(19,11-6-5-10(14)8-15-11)7-12-16-9-17-18(12)4-2/h5-6,8-9,19H,3-4,7H2,1-2H3. The quantitative estimate of drug-likeness (QED) is 0.892. The fourth-order valence-corrected chi connectivity index (χ4v) is 2.00. The maximum Gasteiger partial charge on any atom is 0.141 e. The van der Waals surface area contributed by atoms with E-state index in [2.05, 4.69) is 15.1 Å². The molecule has 0 radical (unpaired) electrons. The average molecular weight is 264 g/mol. The Morgan fingerprint density at radius 1 is 1.32 bits per heavy atom. The van der Waals surface area contributed by atoms with Crippen molar-refractivity contribution in [3.8, 4) is 0 Å². The Balaban J connectivity index is 2.30. The molecule has 0 saturated heterocycles. The second kappa shape index (κ2) is 5.44. The molecule has 1 atom stereocenters. The molecule has 0 amide bonds. The highest BCUT2D eigenvalue weighted by Gasteiger charge is 2.31. The molecule has 0 spiro atoms. The summed E-state index contributed by atoms with van der Waals surface area (Å²) in [7, 11) is 0. The number of hydrogen-bond donors (Lipinski definition) is 1. The van der Waals surface area contributed by atoms with Gasteiger partial charge >= 0.3 is 0 Å². The molecular formula is C13H17FN4O. The van der Waals surface area contributed by atoms with Crippen molar-refractivity contribution in [2.24, 2.45) is 0 Å². The number of rotatable bonds is 5. The van der Waals surface area contributed by atoms with Crippen molar-refractivity contribution in [3.05, 3.63) is 42.0 Å². The van der Waals surface area contributed by atoms with Gasteiger partial charge < -0.3 is 5.11 Å². The Morgan fingerprint density at radius 2 is 2.11 bits per heavy atom. The molecule has 0 aromatic carbocycles. The van der Waals surface area contributed by atoms with E-state index in [1.165, 1.54) is 18.5 Å². The lowest BCUT2D eigenvalue weighted by atomic mass is 9.91. The molecule has 2 heterocycles. The smallest absolute Gasteiger partial charge is 0.141 e. The topological polar surface area (TPSA) is 63.8 Å². The first-order chi connectivity index (χ1) is 9.09. The highest BCUT2D eigenvalue weighted by atomic mass is 19.1. The number of halogens is 1. The predicted octanol–water partition coefficient (Wildman–Crippen LogP) is 1.67. The van der Waals surface area contributed by atoms with E-state index in [4.69, 9.17) is 0 Å². The van der Waals surface area contributed by atoms with E-state index in [-0.39, 0.29) is 0 Å². The van der Waals surface area contributed by atoms with Gasteiger partial charge in [0.15, 0.2) is 0 Å². The van der Waals surface area contributed by atoms with Gasteiger partial charge in [0.1, 0.15) is 23.6 Å². The molecule has 1 N–H and O–H groups in total. The maximum absolute atomic E-state index is 12.9. The van der Waals surface area contributed by atoms with Crippen LogP contribution in [-0.2, 0) is 18.6 Å². The van der Waals surface area contributed by atoms with Crippen molar-refractivity contribution in [2.45, 2.75) is 38.8 Å². The zero-order valence-corrected chi connectivity index (χ0v) is 11.0. The van der Waals surface area contributed by atoms with Crippen molar-refractivity contribution >= 4 is 0 Å². The lowest BCUT2D eigenvalue weighted by Gasteiger charge is -2.25. The van der Waals surface area contributed by atoms with Gasteiger partial charge in [-0.05, 0) is 25.5 Å². The van der Waals surface area contributed by atoms with Crippen LogP contribution in [0.15, 0.2) is 24.7 Å². The molecule has 2 rings (SSSR count). The average Bonchev–Trinajstić information content (AvgIpc) is 2.86. The van der Waals surface area contributed by atoms with Crippen molar-refractivity contribution in [1.82, 2.24) is 19.7 Å². The first kappa shape index (κ1) is 13.6. The summed E-state index contributed by atoms with van der Waals surface area (Å²) in [5.41, 5.74) is -0.713. The molecule has 1 unspecified atom stereocenters. The minimum Gasteiger partial charge on any atom is -0.383 e. The molecule has 0 aliphatic carbocycles. The van der Waals surface area contributed by atoms with Gasteiger partial charge in [-0.3, -0.25) is 9.67 Å². The Kier molecular flexibility index (Phi) is 3.90. The van der Waals surface area contributed by atoms with Gasteiger partial charge in [-0.25, -0.2) is 9.37 Å². The summed E-state index contributed by atoms with van der Waals surface area (Å²) in [4.78, 5) is 8.13. The molecule has 0 bridgehead atoms. The Labute approximate surface area is 111 Å². The largest absolute Gasteiger partial charge is 0.383 e. The molecule has 2 aromatic heterocycles. The summed E-state index contributed by atoms with van der Waals surface area (Å²) in [5.74, 6) is 0.275. The van der Waals surface area contributed by atoms with Gasteiger partial charge in [0.25, 0.3) is 0 Å². The highest BCUT2D eigenvalue weighted by molar-refractivity contribution is 5.15. The van der Waals surface area contributed by atoms with Crippen molar-refractivity contribution in [2.75, 3.05) is 0 Å². The molecule has 0 aliphatic rings. The summed E-state index contributed by atoms with van der Waals surface area (Å²) in [5, 5.41) is 14.8. The zero-order valence-electron chi connectivity index (χ0n) is 11.0. The third kappa shape index (κ3) is 2.78. The molecule has 0 fully saturated rings. The van der Waals surface area contributed by atoms with Crippen LogP contribution in [0.2, 0.25) is 0 Å². The number of aryl methyl sites for hydroxylation is 1. The van der Waals surface area contributed by atoms with Crippen LogP contribution in [0.3, 0.4) is 0 Å². The fourth-order valence-electron chi connectivity index (χ4n) is 2.00. The molecule has 102 valence electrons. The SMILES string of the molecule is CCn1ncnc1CC(O)(CC)c1ccc(F)cn1.